The van der Waals surface area contributed by atoms with Gasteiger partial charge < -0.3 is 0 Å². The molecule has 0 fully saturated rings. The molecule has 0 heterocycles. The molecule has 0 saturated carbocycles. The quantitative estimate of drug-likeness (QED) is 0.408. The van der Waals surface area contributed by atoms with Crippen molar-refractivity contribution in [2.45, 2.75) is 5.92 Å². The zero-order valence-corrected chi connectivity index (χ0v) is 12.4. The lowest BCUT2D eigenvalue weighted by atomic mass is 9.90. The van der Waals surface area contributed by atoms with Gasteiger partial charge in [0.25, 0.3) is 5.69 Å². The van der Waals surface area contributed by atoms with Gasteiger partial charge in [0, 0.05) is 23.3 Å². The van der Waals surface area contributed by atoms with E-state index < -0.39 is 10.8 Å². The highest BCUT2D eigenvalue weighted by Gasteiger charge is 2.41. The van der Waals surface area contributed by atoms with Crippen LogP contribution in [0.4, 0.5) is 5.69 Å². The molecule has 1 aliphatic carbocycles. The average Bonchev–Trinajstić information content (AvgIpc) is 2.85. The zero-order valence-electron chi connectivity index (χ0n) is 12.4. The molecule has 3 aromatic carbocycles. The molecule has 116 valence electrons. The van der Waals surface area contributed by atoms with Crippen molar-refractivity contribution in [1.82, 2.24) is 0 Å². The fourth-order valence-electron chi connectivity index (χ4n) is 3.28. The Labute approximate surface area is 136 Å². The highest BCUT2D eigenvalue weighted by atomic mass is 16.6. The monoisotopic (exact) mass is 317 g/mol. The van der Waals surface area contributed by atoms with Gasteiger partial charge in [-0.15, -0.1) is 0 Å². The van der Waals surface area contributed by atoms with E-state index in [2.05, 4.69) is 0 Å². The zero-order chi connectivity index (χ0) is 16.8. The lowest BCUT2D eigenvalue weighted by Crippen LogP contribution is -2.13. The number of hydrogen-bond acceptors (Lipinski definition) is 4. The summed E-state index contributed by atoms with van der Waals surface area (Å²) < 4.78 is 0. The molecular formula is C19H11NO4. The predicted octanol–water partition coefficient (Wildman–Crippen LogP) is 3.91. The number of nitrogens with zero attached hydrogens (tertiary/aromatic N) is 1. The first-order valence-electron chi connectivity index (χ1n) is 7.42. The predicted molar refractivity (Wildman–Crippen MR) is 88.4 cm³/mol. The second-order valence-electron chi connectivity index (χ2n) is 5.72. The molecule has 0 unspecified atom stereocenters. The van der Waals surface area contributed by atoms with E-state index in [4.69, 9.17) is 0 Å². The first kappa shape index (κ1) is 14.3. The number of non-ortho nitro benzene ring substituents is 1. The molecule has 5 heteroatoms. The number of benzene rings is 3. The van der Waals surface area contributed by atoms with Gasteiger partial charge in [0.05, 0.1) is 4.92 Å². The van der Waals surface area contributed by atoms with Gasteiger partial charge in [0.15, 0.2) is 11.6 Å². The maximum Gasteiger partial charge on any atom is 0.270 e. The number of carbonyl (C=O) groups is 2. The van der Waals surface area contributed by atoms with Crippen LogP contribution in [0.1, 0.15) is 32.2 Å². The Hall–Kier alpha value is -3.34. The molecule has 0 saturated heterocycles. The Bertz CT molecular complexity index is 1030. The Balaban J connectivity index is 1.90. The van der Waals surface area contributed by atoms with Crippen LogP contribution in [0, 0.1) is 10.1 Å². The molecule has 0 N–H and O–H groups in total. The minimum atomic E-state index is -0.937. The number of nitro groups is 1. The minimum Gasteiger partial charge on any atom is -0.293 e. The van der Waals surface area contributed by atoms with E-state index in [-0.39, 0.29) is 28.4 Å². The summed E-state index contributed by atoms with van der Waals surface area (Å²) in [6, 6.07) is 16.9. The Morgan fingerprint density at radius 3 is 2.33 bits per heavy atom. The SMILES string of the molecule is O=C1c2ccc([N+](=O)[O-])cc2C(=O)[C@@H]1c1cccc2ccccc12. The Kier molecular flexibility index (Phi) is 3.03. The van der Waals surface area contributed by atoms with Crippen LogP contribution in [0.15, 0.2) is 60.7 Å². The van der Waals surface area contributed by atoms with Crippen LogP contribution in [-0.2, 0) is 0 Å². The van der Waals surface area contributed by atoms with Crippen LogP contribution >= 0.6 is 0 Å². The molecule has 0 aromatic heterocycles. The van der Waals surface area contributed by atoms with E-state index in [0.29, 0.717) is 5.56 Å². The summed E-state index contributed by atoms with van der Waals surface area (Å²) in [7, 11) is 0. The van der Waals surface area contributed by atoms with E-state index in [1.807, 2.05) is 36.4 Å². The highest BCUT2D eigenvalue weighted by Crippen LogP contribution is 2.38. The van der Waals surface area contributed by atoms with Crippen molar-refractivity contribution in [2.24, 2.45) is 0 Å². The molecule has 1 atom stereocenters. The van der Waals surface area contributed by atoms with Crippen molar-refractivity contribution in [1.29, 1.82) is 0 Å². The fraction of sp³-hybridized carbons (Fsp3) is 0.0526. The second-order valence-corrected chi connectivity index (χ2v) is 5.72. The van der Waals surface area contributed by atoms with Crippen LogP contribution in [0.25, 0.3) is 10.8 Å². The molecule has 4 rings (SSSR count). The van der Waals surface area contributed by atoms with Gasteiger partial charge in [-0.25, -0.2) is 0 Å². The first-order valence-corrected chi connectivity index (χ1v) is 7.42. The normalized spacial score (nSPS) is 16.4. The third-order valence-electron chi connectivity index (χ3n) is 4.40. The first-order chi connectivity index (χ1) is 11.6. The number of nitro benzene ring substituents is 1. The second kappa shape index (κ2) is 5.09. The number of Topliss-reactive ketones (excluding diaryl/α,β-unsaturated/α-hetero) is 2. The molecule has 0 aliphatic heterocycles. The van der Waals surface area contributed by atoms with Gasteiger partial charge in [-0.05, 0) is 22.4 Å². The Morgan fingerprint density at radius 1 is 0.833 bits per heavy atom. The fourth-order valence-corrected chi connectivity index (χ4v) is 3.28. The molecule has 0 spiro atoms. The summed E-state index contributed by atoms with van der Waals surface area (Å²) in [5, 5.41) is 12.7. The van der Waals surface area contributed by atoms with E-state index in [9.17, 15) is 19.7 Å². The van der Waals surface area contributed by atoms with Gasteiger partial charge in [0.2, 0.25) is 0 Å². The van der Waals surface area contributed by atoms with Crippen molar-refractivity contribution in [3.63, 3.8) is 0 Å². The molecule has 0 bridgehead atoms. The maximum absolute atomic E-state index is 12.8. The summed E-state index contributed by atoms with van der Waals surface area (Å²) in [5.74, 6) is -1.62. The van der Waals surface area contributed by atoms with E-state index in [1.165, 1.54) is 18.2 Å². The standard InChI is InChI=1S/C19H11NO4/c21-18-15-9-8-12(20(23)24)10-16(15)19(22)17(18)14-7-3-5-11-4-1-2-6-13(11)14/h1-10,17H/t17-/m1/s1. The molecule has 0 radical (unpaired) electrons. The molecule has 0 amide bonds. The largest absolute Gasteiger partial charge is 0.293 e. The summed E-state index contributed by atoms with van der Waals surface area (Å²) in [6.07, 6.45) is 0. The van der Waals surface area contributed by atoms with Gasteiger partial charge >= 0.3 is 0 Å². The summed E-state index contributed by atoms with van der Waals surface area (Å²) >= 11 is 0. The van der Waals surface area contributed by atoms with Crippen LogP contribution in [0.5, 0.6) is 0 Å². The van der Waals surface area contributed by atoms with Crippen LogP contribution < -0.4 is 0 Å². The average molecular weight is 317 g/mol. The van der Waals surface area contributed by atoms with Crippen molar-refractivity contribution >= 4 is 28.0 Å². The van der Waals surface area contributed by atoms with E-state index >= 15 is 0 Å². The smallest absolute Gasteiger partial charge is 0.270 e. The van der Waals surface area contributed by atoms with Crippen molar-refractivity contribution in [2.75, 3.05) is 0 Å². The van der Waals surface area contributed by atoms with Gasteiger partial charge in [0.1, 0.15) is 5.92 Å². The van der Waals surface area contributed by atoms with Crippen LogP contribution in [-0.4, -0.2) is 16.5 Å². The van der Waals surface area contributed by atoms with Gasteiger partial charge in [-0.1, -0.05) is 42.5 Å². The molecule has 1 aliphatic rings. The Morgan fingerprint density at radius 2 is 1.54 bits per heavy atom. The molecule has 5 nitrogen and oxygen atoms in total. The molecule has 24 heavy (non-hydrogen) atoms. The molecular weight excluding hydrogens is 306 g/mol. The van der Waals surface area contributed by atoms with Crippen LogP contribution in [0.2, 0.25) is 0 Å². The van der Waals surface area contributed by atoms with Gasteiger partial charge in [-0.3, -0.25) is 19.7 Å². The number of fused-ring (bicyclic) bond motifs is 2. The topological polar surface area (TPSA) is 77.3 Å². The summed E-state index contributed by atoms with van der Waals surface area (Å²) in [6.45, 7) is 0. The highest BCUT2D eigenvalue weighted by molar-refractivity contribution is 6.30. The third kappa shape index (κ3) is 1.95. The van der Waals surface area contributed by atoms with E-state index in [1.54, 1.807) is 6.07 Å². The minimum absolute atomic E-state index is 0.132. The number of hydrogen-bond donors (Lipinski definition) is 0. The third-order valence-corrected chi connectivity index (χ3v) is 4.40. The summed E-state index contributed by atoms with van der Waals surface area (Å²) in [5.41, 5.74) is 0.839. The lowest BCUT2D eigenvalue weighted by molar-refractivity contribution is -0.384. The van der Waals surface area contributed by atoms with Crippen molar-refractivity contribution in [3.05, 3.63) is 87.5 Å². The maximum atomic E-state index is 12.8. The van der Waals surface area contributed by atoms with Crippen molar-refractivity contribution in [3.8, 4) is 0 Å². The van der Waals surface area contributed by atoms with E-state index in [0.717, 1.165) is 10.8 Å². The van der Waals surface area contributed by atoms with Crippen molar-refractivity contribution < 1.29 is 14.5 Å². The van der Waals surface area contributed by atoms with Gasteiger partial charge in [-0.2, -0.15) is 0 Å². The lowest BCUT2D eigenvalue weighted by Gasteiger charge is -2.11. The summed E-state index contributed by atoms with van der Waals surface area (Å²) in [4.78, 5) is 35.9. The van der Waals surface area contributed by atoms with Crippen LogP contribution in [0.3, 0.4) is 0 Å². The number of rotatable bonds is 2. The molecule has 3 aromatic rings. The number of carbonyl (C=O) groups excluding carboxylic acids is 2. The number of ketones is 2.